The lowest BCUT2D eigenvalue weighted by atomic mass is 10.1. The number of ether oxygens (including phenoxy) is 1. The summed E-state index contributed by atoms with van der Waals surface area (Å²) in [7, 11) is 0. The Labute approximate surface area is 174 Å². The van der Waals surface area contributed by atoms with Crippen molar-refractivity contribution in [2.45, 2.75) is 52.7 Å². The second-order valence-corrected chi connectivity index (χ2v) is 8.47. The SMILES string of the molecule is CC(C)c1cnn2c(N(Cc3ccccc3F)C(=O)OC(C)(C)C)cc(Cl)nc12. The Bertz CT molecular complexity index is 1040. The molecule has 29 heavy (non-hydrogen) atoms. The number of halogens is 2. The highest BCUT2D eigenvalue weighted by Crippen LogP contribution is 2.28. The summed E-state index contributed by atoms with van der Waals surface area (Å²) in [6.45, 7) is 9.30. The van der Waals surface area contributed by atoms with Crippen LogP contribution in [0.3, 0.4) is 0 Å². The van der Waals surface area contributed by atoms with E-state index in [1.807, 2.05) is 13.8 Å². The summed E-state index contributed by atoms with van der Waals surface area (Å²) < 4.78 is 21.4. The van der Waals surface area contributed by atoms with Crippen LogP contribution in [-0.2, 0) is 11.3 Å². The molecule has 2 heterocycles. The van der Waals surface area contributed by atoms with Gasteiger partial charge in [-0.05, 0) is 32.8 Å². The van der Waals surface area contributed by atoms with Gasteiger partial charge in [0.2, 0.25) is 0 Å². The van der Waals surface area contributed by atoms with Crippen LogP contribution in [0.4, 0.5) is 15.0 Å². The highest BCUT2D eigenvalue weighted by Gasteiger charge is 2.27. The monoisotopic (exact) mass is 418 g/mol. The molecule has 1 aromatic carbocycles. The van der Waals surface area contributed by atoms with Gasteiger partial charge in [-0.25, -0.2) is 14.2 Å². The van der Waals surface area contributed by atoms with Crippen LogP contribution < -0.4 is 4.90 Å². The predicted octanol–water partition coefficient (Wildman–Crippen LogP) is 5.59. The third-order valence-electron chi connectivity index (χ3n) is 4.25. The molecule has 0 aliphatic heterocycles. The van der Waals surface area contributed by atoms with E-state index in [1.54, 1.807) is 45.2 Å². The van der Waals surface area contributed by atoms with Crippen LogP contribution in [0, 0.1) is 5.82 Å². The number of carbonyl (C=O) groups is 1. The molecule has 0 spiro atoms. The van der Waals surface area contributed by atoms with Gasteiger partial charge in [-0.1, -0.05) is 43.6 Å². The molecule has 0 bridgehead atoms. The van der Waals surface area contributed by atoms with Gasteiger partial charge in [0, 0.05) is 17.2 Å². The van der Waals surface area contributed by atoms with Crippen molar-refractivity contribution < 1.29 is 13.9 Å². The molecule has 0 atom stereocenters. The number of hydrogen-bond acceptors (Lipinski definition) is 4. The Hall–Kier alpha value is -2.67. The third kappa shape index (κ3) is 4.67. The van der Waals surface area contributed by atoms with Crippen molar-refractivity contribution in [2.24, 2.45) is 0 Å². The molecule has 0 aliphatic rings. The average molecular weight is 419 g/mol. The Morgan fingerprint density at radius 1 is 1.31 bits per heavy atom. The average Bonchev–Trinajstić information content (AvgIpc) is 3.02. The number of fused-ring (bicyclic) bond motifs is 1. The van der Waals surface area contributed by atoms with Crippen molar-refractivity contribution in [1.29, 1.82) is 0 Å². The first kappa shape index (κ1) is 21.0. The molecule has 0 saturated heterocycles. The molecule has 3 rings (SSSR count). The normalized spacial score (nSPS) is 11.9. The van der Waals surface area contributed by atoms with E-state index in [4.69, 9.17) is 16.3 Å². The number of amides is 1. The second-order valence-electron chi connectivity index (χ2n) is 8.08. The van der Waals surface area contributed by atoms with Gasteiger partial charge in [-0.2, -0.15) is 9.61 Å². The minimum atomic E-state index is -0.728. The summed E-state index contributed by atoms with van der Waals surface area (Å²) in [5, 5.41) is 4.60. The first-order valence-electron chi connectivity index (χ1n) is 9.35. The van der Waals surface area contributed by atoms with Gasteiger partial charge in [0.1, 0.15) is 22.4 Å². The fourth-order valence-corrected chi connectivity index (χ4v) is 3.07. The largest absolute Gasteiger partial charge is 0.443 e. The zero-order valence-corrected chi connectivity index (χ0v) is 17.9. The van der Waals surface area contributed by atoms with Crippen molar-refractivity contribution in [3.05, 3.63) is 58.6 Å². The van der Waals surface area contributed by atoms with Crippen molar-refractivity contribution in [2.75, 3.05) is 4.90 Å². The van der Waals surface area contributed by atoms with Gasteiger partial charge < -0.3 is 4.74 Å². The molecule has 154 valence electrons. The fourth-order valence-electron chi connectivity index (χ4n) is 2.89. The summed E-state index contributed by atoms with van der Waals surface area (Å²) in [6, 6.07) is 7.81. The van der Waals surface area contributed by atoms with E-state index in [-0.39, 0.29) is 17.6 Å². The zero-order valence-electron chi connectivity index (χ0n) is 17.1. The maximum atomic E-state index is 14.3. The molecular weight excluding hydrogens is 395 g/mol. The highest BCUT2D eigenvalue weighted by molar-refractivity contribution is 6.29. The lowest BCUT2D eigenvalue weighted by molar-refractivity contribution is 0.0575. The molecule has 0 saturated carbocycles. The number of carbonyl (C=O) groups excluding carboxylic acids is 1. The first-order chi connectivity index (χ1) is 13.6. The van der Waals surface area contributed by atoms with Crippen LogP contribution in [0.1, 0.15) is 51.7 Å². The number of rotatable bonds is 4. The second kappa shape index (κ2) is 7.99. The maximum Gasteiger partial charge on any atom is 0.416 e. The molecule has 1 amide bonds. The minimum absolute atomic E-state index is 0.0477. The Kier molecular flexibility index (Phi) is 5.80. The fraction of sp³-hybridized carbons (Fsp3) is 0.381. The van der Waals surface area contributed by atoms with E-state index < -0.39 is 17.5 Å². The molecule has 0 fully saturated rings. The van der Waals surface area contributed by atoms with Crippen LogP contribution in [0.5, 0.6) is 0 Å². The summed E-state index contributed by atoms with van der Waals surface area (Å²) in [5.41, 5.74) is 1.05. The van der Waals surface area contributed by atoms with Crippen molar-refractivity contribution >= 4 is 29.2 Å². The van der Waals surface area contributed by atoms with Crippen LogP contribution in [0.25, 0.3) is 5.65 Å². The van der Waals surface area contributed by atoms with Gasteiger partial charge >= 0.3 is 6.09 Å². The van der Waals surface area contributed by atoms with Gasteiger partial charge in [0.15, 0.2) is 5.65 Å². The quantitative estimate of drug-likeness (QED) is 0.518. The summed E-state index contributed by atoms with van der Waals surface area (Å²) >= 11 is 6.27. The van der Waals surface area contributed by atoms with E-state index in [0.717, 1.165) is 5.56 Å². The van der Waals surface area contributed by atoms with E-state index in [2.05, 4.69) is 10.1 Å². The van der Waals surface area contributed by atoms with Crippen LogP contribution in [-0.4, -0.2) is 26.3 Å². The minimum Gasteiger partial charge on any atom is -0.443 e. The summed E-state index contributed by atoms with van der Waals surface area (Å²) in [6.07, 6.45) is 1.06. The van der Waals surface area contributed by atoms with E-state index >= 15 is 0 Å². The number of hydrogen-bond donors (Lipinski definition) is 0. The zero-order chi connectivity index (χ0) is 21.3. The summed E-state index contributed by atoms with van der Waals surface area (Å²) in [5.74, 6) is 0.0954. The summed E-state index contributed by atoms with van der Waals surface area (Å²) in [4.78, 5) is 18.7. The van der Waals surface area contributed by atoms with E-state index in [9.17, 15) is 9.18 Å². The lowest BCUT2D eigenvalue weighted by Crippen LogP contribution is -2.37. The number of benzene rings is 1. The van der Waals surface area contributed by atoms with Crippen molar-refractivity contribution in [3.63, 3.8) is 0 Å². The predicted molar refractivity (Wildman–Crippen MR) is 111 cm³/mol. The van der Waals surface area contributed by atoms with Crippen LogP contribution in [0.2, 0.25) is 5.15 Å². The van der Waals surface area contributed by atoms with Gasteiger partial charge in [-0.15, -0.1) is 0 Å². The molecule has 0 radical (unpaired) electrons. The molecule has 6 nitrogen and oxygen atoms in total. The Morgan fingerprint density at radius 2 is 2.00 bits per heavy atom. The molecule has 0 unspecified atom stereocenters. The van der Waals surface area contributed by atoms with Crippen LogP contribution >= 0.6 is 11.6 Å². The smallest absolute Gasteiger partial charge is 0.416 e. The van der Waals surface area contributed by atoms with E-state index in [1.165, 1.54) is 21.5 Å². The number of nitrogens with zero attached hydrogens (tertiary/aromatic N) is 4. The maximum absolute atomic E-state index is 14.3. The van der Waals surface area contributed by atoms with Crippen LogP contribution in [0.15, 0.2) is 36.5 Å². The molecule has 8 heteroatoms. The Balaban J connectivity index is 2.15. The van der Waals surface area contributed by atoms with E-state index in [0.29, 0.717) is 17.0 Å². The lowest BCUT2D eigenvalue weighted by Gasteiger charge is -2.28. The topological polar surface area (TPSA) is 59.7 Å². The first-order valence-corrected chi connectivity index (χ1v) is 9.72. The van der Waals surface area contributed by atoms with Crippen molar-refractivity contribution in [1.82, 2.24) is 14.6 Å². The standard InChI is InChI=1S/C21H24ClFN4O2/c1-13(2)15-11-24-27-18(10-17(22)25-19(15)27)26(20(28)29-21(3,4)5)12-14-8-6-7-9-16(14)23/h6-11,13H,12H2,1-5H3. The van der Waals surface area contributed by atoms with Gasteiger partial charge in [0.25, 0.3) is 0 Å². The Morgan fingerprint density at radius 3 is 2.62 bits per heavy atom. The highest BCUT2D eigenvalue weighted by atomic mass is 35.5. The number of aromatic nitrogens is 3. The molecule has 2 aromatic heterocycles. The molecule has 0 N–H and O–H groups in total. The van der Waals surface area contributed by atoms with Gasteiger partial charge in [-0.3, -0.25) is 4.90 Å². The van der Waals surface area contributed by atoms with Crippen molar-refractivity contribution in [3.8, 4) is 0 Å². The third-order valence-corrected chi connectivity index (χ3v) is 4.44. The van der Waals surface area contributed by atoms with Gasteiger partial charge in [0.05, 0.1) is 12.7 Å². The molecule has 0 aliphatic carbocycles. The molecular formula is C21H24ClFN4O2. The number of anilines is 1. The molecule has 3 aromatic rings.